The van der Waals surface area contributed by atoms with Crippen LogP contribution in [0.1, 0.15) is 6.92 Å². The van der Waals surface area contributed by atoms with Crippen LogP contribution in [0.15, 0.2) is 0 Å². The number of alkyl halides is 1. The summed E-state index contributed by atoms with van der Waals surface area (Å²) in [5.74, 6) is 3.70. The summed E-state index contributed by atoms with van der Waals surface area (Å²) < 4.78 is 4.97. The molecule has 0 bridgehead atoms. The van der Waals surface area contributed by atoms with E-state index in [4.69, 9.17) is 15.2 Å². The van der Waals surface area contributed by atoms with Crippen LogP contribution in [0.2, 0.25) is 0 Å². The maximum atomic E-state index is 8.51. The predicted octanol–water partition coefficient (Wildman–Crippen LogP) is -1.97. The molecule has 0 atom stereocenters. The van der Waals surface area contributed by atoms with Gasteiger partial charge in [0, 0.05) is 0 Å². The molecule has 0 saturated heterocycles. The van der Waals surface area contributed by atoms with Crippen LogP contribution in [0.4, 0.5) is 0 Å². The molecule has 0 aromatic rings. The summed E-state index contributed by atoms with van der Waals surface area (Å²) in [6.07, 6.45) is -1.92. The van der Waals surface area contributed by atoms with Crippen molar-refractivity contribution in [3.63, 3.8) is 0 Å². The zero-order valence-electron chi connectivity index (χ0n) is 6.67. The van der Waals surface area contributed by atoms with E-state index in [1.165, 1.54) is 0 Å². The van der Waals surface area contributed by atoms with Gasteiger partial charge in [-0.15, -0.1) is 27.9 Å². The first-order valence-electron chi connectivity index (χ1n) is 2.93. The van der Waals surface area contributed by atoms with Crippen molar-refractivity contribution in [1.82, 2.24) is 0 Å². The predicted molar refractivity (Wildman–Crippen MR) is 42.4 cm³/mol. The van der Waals surface area contributed by atoms with Gasteiger partial charge in [-0.25, -0.2) is 10.5 Å². The molecule has 0 N–H and O–H groups in total. The number of nitriles is 2. The van der Waals surface area contributed by atoms with Gasteiger partial charge in [-0.05, 0) is 13.5 Å². The van der Waals surface area contributed by atoms with Crippen LogP contribution in [0, 0.1) is 22.5 Å². The molecule has 0 rings (SSSR count). The average Bonchev–Trinajstić information content (AvgIpc) is 2.01. The summed E-state index contributed by atoms with van der Waals surface area (Å²) in [6, 6.07) is 0. The number of hydrogen-bond acceptors (Lipinski definition) is 3. The SMILES string of the molecule is CCO[B-](C#N)(C#N)CBr.[K+]. The summed E-state index contributed by atoms with van der Waals surface area (Å²) in [5.41, 5.74) is 0. The zero-order valence-corrected chi connectivity index (χ0v) is 11.4. The second-order valence-corrected chi connectivity index (χ2v) is 2.47. The molecule has 0 aromatic carbocycles. The number of rotatable bonds is 3. The topological polar surface area (TPSA) is 56.8 Å². The summed E-state index contributed by atoms with van der Waals surface area (Å²) in [5, 5.41) is 17.3. The van der Waals surface area contributed by atoms with Crippen LogP contribution in [0.3, 0.4) is 0 Å². The number of nitrogens with zero attached hydrogens (tertiary/aromatic N) is 2. The zero-order chi connectivity index (χ0) is 8.04. The fraction of sp³-hybridized carbons (Fsp3) is 0.600. The normalized spacial score (nSPS) is 9.09. The third-order valence-electron chi connectivity index (χ3n) is 1.09. The van der Waals surface area contributed by atoms with E-state index in [1.807, 2.05) is 11.9 Å². The van der Waals surface area contributed by atoms with E-state index < -0.39 is 6.35 Å². The Bertz CT molecular complexity index is 174. The van der Waals surface area contributed by atoms with Crippen molar-refractivity contribution in [2.24, 2.45) is 0 Å². The smallest absolute Gasteiger partial charge is 0.568 e. The first-order chi connectivity index (χ1) is 4.74. The second-order valence-electron chi connectivity index (χ2n) is 1.82. The fourth-order valence-electron chi connectivity index (χ4n) is 0.501. The fourth-order valence-corrected chi connectivity index (χ4v) is 0.978. The van der Waals surface area contributed by atoms with E-state index >= 15 is 0 Å². The van der Waals surface area contributed by atoms with E-state index in [-0.39, 0.29) is 56.6 Å². The van der Waals surface area contributed by atoms with Crippen LogP contribution < -0.4 is 51.4 Å². The van der Waals surface area contributed by atoms with E-state index in [2.05, 4.69) is 15.9 Å². The molecule has 0 amide bonds. The van der Waals surface area contributed by atoms with Gasteiger partial charge in [0.05, 0.1) is 0 Å². The minimum atomic E-state index is -1.92. The minimum absolute atomic E-state index is 0. The van der Waals surface area contributed by atoms with Gasteiger partial charge < -0.3 is 4.65 Å². The molecule has 0 fully saturated rings. The van der Waals surface area contributed by atoms with Crippen molar-refractivity contribution < 1.29 is 56.0 Å². The Morgan fingerprint density at radius 2 is 1.91 bits per heavy atom. The van der Waals surface area contributed by atoms with E-state index in [0.29, 0.717) is 6.61 Å². The monoisotopic (exact) mass is 240 g/mol. The van der Waals surface area contributed by atoms with Crippen LogP contribution in [-0.2, 0) is 4.65 Å². The van der Waals surface area contributed by atoms with Gasteiger partial charge in [0.1, 0.15) is 0 Å². The van der Waals surface area contributed by atoms with Crippen molar-refractivity contribution in [2.75, 3.05) is 11.8 Å². The molecule has 0 aliphatic heterocycles. The molecular formula is C5H7BBrKN2O. The van der Waals surface area contributed by atoms with E-state index in [1.54, 1.807) is 6.92 Å². The largest absolute Gasteiger partial charge is 1.00 e. The third kappa shape index (κ3) is 4.64. The molecule has 0 heterocycles. The van der Waals surface area contributed by atoms with Crippen molar-refractivity contribution in [3.8, 4) is 11.9 Å². The molecule has 0 saturated carbocycles. The first kappa shape index (κ1) is 14.6. The molecule has 0 spiro atoms. The molecule has 0 aliphatic rings. The van der Waals surface area contributed by atoms with E-state index in [0.717, 1.165) is 0 Å². The molecule has 54 valence electrons. The van der Waals surface area contributed by atoms with Gasteiger partial charge in [0.25, 0.3) is 0 Å². The Labute approximate surface area is 118 Å². The van der Waals surface area contributed by atoms with Crippen molar-refractivity contribution in [3.05, 3.63) is 0 Å². The number of halogens is 1. The van der Waals surface area contributed by atoms with Crippen molar-refractivity contribution in [2.45, 2.75) is 6.92 Å². The summed E-state index contributed by atoms with van der Waals surface area (Å²) >= 11 is 3.05. The summed E-state index contributed by atoms with van der Waals surface area (Å²) in [6.45, 7) is 2.15. The van der Waals surface area contributed by atoms with Gasteiger partial charge in [0.2, 0.25) is 0 Å². The van der Waals surface area contributed by atoms with Crippen molar-refractivity contribution >= 4 is 22.3 Å². The Kier molecular flexibility index (Phi) is 10.3. The molecule has 0 radical (unpaired) electrons. The van der Waals surface area contributed by atoms with Crippen LogP contribution in [0.5, 0.6) is 0 Å². The van der Waals surface area contributed by atoms with Gasteiger partial charge in [-0.2, -0.15) is 0 Å². The Morgan fingerprint density at radius 3 is 2.00 bits per heavy atom. The molecule has 6 heteroatoms. The first-order valence-corrected chi connectivity index (χ1v) is 4.05. The molecule has 11 heavy (non-hydrogen) atoms. The number of hydrogen-bond donors (Lipinski definition) is 0. The molecule has 0 aliphatic carbocycles. The van der Waals surface area contributed by atoms with Gasteiger partial charge in [0.15, 0.2) is 0 Å². The molecule has 0 unspecified atom stereocenters. The molecule has 3 nitrogen and oxygen atoms in total. The van der Waals surface area contributed by atoms with Gasteiger partial charge in [-0.3, -0.25) is 0 Å². The summed E-state index contributed by atoms with van der Waals surface area (Å²) in [7, 11) is 0. The maximum absolute atomic E-state index is 8.51. The second kappa shape index (κ2) is 7.75. The van der Waals surface area contributed by atoms with Gasteiger partial charge in [-0.1, -0.05) is 5.23 Å². The molecule has 0 aromatic heterocycles. The quantitative estimate of drug-likeness (QED) is 0.425. The van der Waals surface area contributed by atoms with Crippen molar-refractivity contribution in [1.29, 1.82) is 10.5 Å². The minimum Gasteiger partial charge on any atom is -0.568 e. The van der Waals surface area contributed by atoms with Crippen LogP contribution in [-0.4, -0.2) is 18.2 Å². The van der Waals surface area contributed by atoms with Gasteiger partial charge >= 0.3 is 57.7 Å². The Balaban J connectivity index is 0. The maximum Gasteiger partial charge on any atom is 1.00 e. The Hall–Kier alpha value is 1.12. The van der Waals surface area contributed by atoms with Crippen LogP contribution >= 0.6 is 15.9 Å². The molecular weight excluding hydrogens is 234 g/mol. The van der Waals surface area contributed by atoms with E-state index in [9.17, 15) is 0 Å². The third-order valence-corrected chi connectivity index (χ3v) is 2.00. The Morgan fingerprint density at radius 1 is 1.45 bits per heavy atom. The average molecular weight is 241 g/mol. The summed E-state index contributed by atoms with van der Waals surface area (Å²) in [4.78, 5) is 0. The van der Waals surface area contributed by atoms with Crippen LogP contribution in [0.25, 0.3) is 0 Å². The standard InChI is InChI=1S/C5H7BBrN2O.K/c1-2-10-6(3-7,4-8)5-9;/h2-3H2,1H3;/q-1;+1.